The average Bonchev–Trinajstić information content (AvgIpc) is 2.92. The quantitative estimate of drug-likeness (QED) is 0.512. The number of hydrogen-bond acceptors (Lipinski definition) is 6. The van der Waals surface area contributed by atoms with Crippen molar-refractivity contribution in [3.8, 4) is 6.07 Å². The van der Waals surface area contributed by atoms with Crippen molar-refractivity contribution in [2.24, 2.45) is 0 Å². The molecule has 0 saturated carbocycles. The molecule has 0 fully saturated rings. The molecule has 3 N–H and O–H groups in total. The van der Waals surface area contributed by atoms with Gasteiger partial charge in [0.15, 0.2) is 0 Å². The van der Waals surface area contributed by atoms with E-state index in [0.29, 0.717) is 28.5 Å². The predicted molar refractivity (Wildman–Crippen MR) is 130 cm³/mol. The number of hydrogen-bond donors (Lipinski definition) is 3. The lowest BCUT2D eigenvalue weighted by Gasteiger charge is -2.19. The zero-order chi connectivity index (χ0) is 23.8. The minimum absolute atomic E-state index is 0.0544. The van der Waals surface area contributed by atoms with Gasteiger partial charge in [0, 0.05) is 23.2 Å². The Hall–Kier alpha value is -3.22. The summed E-state index contributed by atoms with van der Waals surface area (Å²) < 4.78 is 0. The Bertz CT molecular complexity index is 1060. The molecule has 1 heterocycles. The highest BCUT2D eigenvalue weighted by molar-refractivity contribution is 7.16. The van der Waals surface area contributed by atoms with E-state index < -0.39 is 0 Å². The average molecular weight is 468 g/mol. The first-order valence-corrected chi connectivity index (χ1v) is 12.0. The molecule has 9 heteroatoms. The van der Waals surface area contributed by atoms with Crippen molar-refractivity contribution in [1.82, 2.24) is 4.90 Å². The molecule has 1 aromatic heterocycles. The summed E-state index contributed by atoms with van der Waals surface area (Å²) in [5, 5.41) is 18.6. The fraction of sp³-hybridized carbons (Fsp3) is 0.417. The van der Waals surface area contributed by atoms with Crippen molar-refractivity contribution >= 4 is 45.4 Å². The number of nitrogens with zero attached hydrogens (tertiary/aromatic N) is 2. The standard InChI is InChI=1S/C24H29N5O3S/c1-3-29(14-22(31)27-18-11-9-17(10-12-18)26-16(2)30)15-23(32)28-24-20(13-25)19-7-5-4-6-8-21(19)33-24/h9-12H,3-8,14-15H2,1-2H3,(H,26,30)(H,27,31)(H,28,32). The van der Waals surface area contributed by atoms with E-state index in [9.17, 15) is 19.6 Å². The minimum Gasteiger partial charge on any atom is -0.326 e. The van der Waals surface area contributed by atoms with Crippen LogP contribution in [-0.2, 0) is 27.2 Å². The summed E-state index contributed by atoms with van der Waals surface area (Å²) in [7, 11) is 0. The number of carbonyl (C=O) groups excluding carboxylic acids is 3. The molecule has 0 aliphatic heterocycles. The molecule has 174 valence electrons. The monoisotopic (exact) mass is 467 g/mol. The number of aryl methyl sites for hydroxylation is 1. The van der Waals surface area contributed by atoms with Gasteiger partial charge in [-0.2, -0.15) is 5.26 Å². The SMILES string of the molecule is CCN(CC(=O)Nc1ccc(NC(C)=O)cc1)CC(=O)Nc1sc2c(c1C#N)CCCCC2. The minimum atomic E-state index is -0.239. The zero-order valence-corrected chi connectivity index (χ0v) is 19.8. The van der Waals surface area contributed by atoms with Gasteiger partial charge in [0.05, 0.1) is 18.7 Å². The van der Waals surface area contributed by atoms with Crippen LogP contribution in [0.5, 0.6) is 0 Å². The summed E-state index contributed by atoms with van der Waals surface area (Å²) in [5.41, 5.74) is 2.93. The fourth-order valence-corrected chi connectivity index (χ4v) is 5.10. The number of benzene rings is 1. The van der Waals surface area contributed by atoms with Crippen LogP contribution in [0.1, 0.15) is 49.1 Å². The maximum absolute atomic E-state index is 12.7. The number of likely N-dealkylation sites (N-methyl/N-ethyl adjacent to an activating group) is 1. The van der Waals surface area contributed by atoms with E-state index in [4.69, 9.17) is 0 Å². The second-order valence-corrected chi connectivity index (χ2v) is 9.14. The van der Waals surface area contributed by atoms with Crippen molar-refractivity contribution in [2.75, 3.05) is 35.6 Å². The highest BCUT2D eigenvalue weighted by atomic mass is 32.1. The van der Waals surface area contributed by atoms with E-state index >= 15 is 0 Å². The smallest absolute Gasteiger partial charge is 0.239 e. The Balaban J connectivity index is 1.55. The van der Waals surface area contributed by atoms with Crippen molar-refractivity contribution in [3.05, 3.63) is 40.3 Å². The molecule has 0 bridgehead atoms. The number of anilines is 3. The van der Waals surface area contributed by atoms with Gasteiger partial charge in [-0.1, -0.05) is 13.3 Å². The Morgan fingerprint density at radius 2 is 1.58 bits per heavy atom. The number of nitrogens with one attached hydrogen (secondary N) is 3. The molecule has 0 unspecified atom stereocenters. The first-order chi connectivity index (χ1) is 15.9. The summed E-state index contributed by atoms with van der Waals surface area (Å²) in [6.07, 6.45) is 5.19. The summed E-state index contributed by atoms with van der Waals surface area (Å²) in [4.78, 5) is 39.2. The van der Waals surface area contributed by atoms with Gasteiger partial charge in [-0.05, 0) is 62.1 Å². The second kappa shape index (κ2) is 11.6. The lowest BCUT2D eigenvalue weighted by molar-refractivity contribution is -0.120. The Morgan fingerprint density at radius 3 is 2.18 bits per heavy atom. The molecule has 0 saturated heterocycles. The Morgan fingerprint density at radius 1 is 0.970 bits per heavy atom. The van der Waals surface area contributed by atoms with E-state index in [1.54, 1.807) is 29.2 Å². The molecule has 3 amide bonds. The van der Waals surface area contributed by atoms with Crippen LogP contribution >= 0.6 is 11.3 Å². The fourth-order valence-electron chi connectivity index (χ4n) is 3.84. The molecule has 0 spiro atoms. The zero-order valence-electron chi connectivity index (χ0n) is 19.0. The molecular weight excluding hydrogens is 438 g/mol. The maximum atomic E-state index is 12.7. The van der Waals surface area contributed by atoms with Gasteiger partial charge in [0.25, 0.3) is 0 Å². The Labute approximate surface area is 198 Å². The highest BCUT2D eigenvalue weighted by Gasteiger charge is 2.22. The number of rotatable bonds is 8. The van der Waals surface area contributed by atoms with E-state index in [1.807, 2.05) is 6.92 Å². The predicted octanol–water partition coefficient (Wildman–Crippen LogP) is 3.75. The van der Waals surface area contributed by atoms with E-state index in [-0.39, 0.29) is 30.8 Å². The van der Waals surface area contributed by atoms with Gasteiger partial charge < -0.3 is 16.0 Å². The number of fused-ring (bicyclic) bond motifs is 1. The summed E-state index contributed by atoms with van der Waals surface area (Å²) in [5.74, 6) is -0.640. The molecule has 1 aliphatic carbocycles. The van der Waals surface area contributed by atoms with Crippen LogP contribution < -0.4 is 16.0 Å². The summed E-state index contributed by atoms with van der Waals surface area (Å²) >= 11 is 1.50. The highest BCUT2D eigenvalue weighted by Crippen LogP contribution is 2.36. The lowest BCUT2D eigenvalue weighted by Crippen LogP contribution is -2.38. The van der Waals surface area contributed by atoms with Gasteiger partial charge in [0.1, 0.15) is 11.1 Å². The van der Waals surface area contributed by atoms with Gasteiger partial charge in [-0.25, -0.2) is 0 Å². The molecule has 2 aromatic rings. The number of carbonyl (C=O) groups is 3. The molecule has 1 aliphatic rings. The normalized spacial score (nSPS) is 12.9. The number of thiophene rings is 1. The van der Waals surface area contributed by atoms with Gasteiger partial charge >= 0.3 is 0 Å². The Kier molecular flexibility index (Phi) is 8.58. The number of nitriles is 1. The van der Waals surface area contributed by atoms with Crippen molar-refractivity contribution < 1.29 is 14.4 Å². The van der Waals surface area contributed by atoms with Gasteiger partial charge in [-0.15, -0.1) is 11.3 Å². The van der Waals surface area contributed by atoms with E-state index in [1.165, 1.54) is 29.6 Å². The number of amides is 3. The lowest BCUT2D eigenvalue weighted by atomic mass is 10.1. The molecule has 0 atom stereocenters. The van der Waals surface area contributed by atoms with Gasteiger partial charge in [-0.3, -0.25) is 19.3 Å². The van der Waals surface area contributed by atoms with Gasteiger partial charge in [0.2, 0.25) is 17.7 Å². The third-order valence-electron chi connectivity index (χ3n) is 5.46. The summed E-state index contributed by atoms with van der Waals surface area (Å²) in [6.45, 7) is 3.95. The second-order valence-electron chi connectivity index (χ2n) is 8.04. The maximum Gasteiger partial charge on any atom is 0.239 e. The molecule has 8 nitrogen and oxygen atoms in total. The van der Waals surface area contributed by atoms with Crippen LogP contribution in [0.2, 0.25) is 0 Å². The molecule has 1 aromatic carbocycles. The van der Waals surface area contributed by atoms with Crippen LogP contribution in [0.4, 0.5) is 16.4 Å². The van der Waals surface area contributed by atoms with Crippen molar-refractivity contribution in [3.63, 3.8) is 0 Å². The third-order valence-corrected chi connectivity index (χ3v) is 6.66. The summed E-state index contributed by atoms with van der Waals surface area (Å²) in [6, 6.07) is 9.09. The first-order valence-electron chi connectivity index (χ1n) is 11.1. The largest absolute Gasteiger partial charge is 0.326 e. The van der Waals surface area contributed by atoms with Crippen LogP contribution in [0, 0.1) is 11.3 Å². The molecular formula is C24H29N5O3S. The van der Waals surface area contributed by atoms with Crippen LogP contribution in [-0.4, -0.2) is 42.3 Å². The van der Waals surface area contributed by atoms with Crippen LogP contribution in [0.3, 0.4) is 0 Å². The van der Waals surface area contributed by atoms with E-state index in [0.717, 1.165) is 31.2 Å². The molecule has 33 heavy (non-hydrogen) atoms. The van der Waals surface area contributed by atoms with Crippen molar-refractivity contribution in [1.29, 1.82) is 5.26 Å². The van der Waals surface area contributed by atoms with Crippen molar-refractivity contribution in [2.45, 2.75) is 46.0 Å². The van der Waals surface area contributed by atoms with Crippen LogP contribution in [0.25, 0.3) is 0 Å². The first kappa shape index (κ1) is 24.4. The van der Waals surface area contributed by atoms with E-state index in [2.05, 4.69) is 22.0 Å². The molecule has 3 rings (SSSR count). The molecule has 0 radical (unpaired) electrons. The third kappa shape index (κ3) is 6.88. The topological polar surface area (TPSA) is 114 Å². The van der Waals surface area contributed by atoms with Crippen LogP contribution in [0.15, 0.2) is 24.3 Å².